The van der Waals surface area contributed by atoms with Crippen molar-refractivity contribution in [3.05, 3.63) is 60.4 Å². The second-order valence-corrected chi connectivity index (χ2v) is 5.93. The van der Waals surface area contributed by atoms with Crippen LogP contribution < -0.4 is 16.0 Å². The average Bonchev–Trinajstić information content (AvgIpc) is 3.00. The number of hydrogen-bond acceptors (Lipinski definition) is 3. The third-order valence-electron chi connectivity index (χ3n) is 3.47. The van der Waals surface area contributed by atoms with Crippen LogP contribution in [-0.2, 0) is 0 Å². The summed E-state index contributed by atoms with van der Waals surface area (Å²) in [6.45, 7) is 3.77. The van der Waals surface area contributed by atoms with Crippen LogP contribution in [0.3, 0.4) is 0 Å². The molecule has 0 atom stereocenters. The minimum absolute atomic E-state index is 0.0578. The van der Waals surface area contributed by atoms with E-state index in [1.54, 1.807) is 30.3 Å². The Bertz CT molecular complexity index is 865. The summed E-state index contributed by atoms with van der Waals surface area (Å²) in [7, 11) is 0. The van der Waals surface area contributed by atoms with E-state index in [2.05, 4.69) is 16.0 Å². The molecule has 6 heteroatoms. The average molecular weight is 337 g/mol. The van der Waals surface area contributed by atoms with Crippen molar-refractivity contribution in [2.24, 2.45) is 0 Å². The quantitative estimate of drug-likeness (QED) is 0.666. The van der Waals surface area contributed by atoms with Gasteiger partial charge >= 0.3 is 6.03 Å². The lowest BCUT2D eigenvalue weighted by Gasteiger charge is -2.10. The van der Waals surface area contributed by atoms with Crippen LogP contribution in [0, 0.1) is 0 Å². The third-order valence-corrected chi connectivity index (χ3v) is 3.47. The zero-order chi connectivity index (χ0) is 17.8. The van der Waals surface area contributed by atoms with Crippen molar-refractivity contribution >= 4 is 34.3 Å². The van der Waals surface area contributed by atoms with Crippen LogP contribution in [0.5, 0.6) is 0 Å². The molecule has 0 unspecified atom stereocenters. The van der Waals surface area contributed by atoms with E-state index in [0.29, 0.717) is 17.0 Å². The van der Waals surface area contributed by atoms with E-state index >= 15 is 0 Å². The number of urea groups is 1. The second kappa shape index (κ2) is 7.09. The summed E-state index contributed by atoms with van der Waals surface area (Å²) in [5.74, 6) is -0.0748. The highest BCUT2D eigenvalue weighted by Gasteiger charge is 2.12. The fraction of sp³-hybridized carbons (Fsp3) is 0.158. The summed E-state index contributed by atoms with van der Waals surface area (Å²) in [6, 6.07) is 15.8. The lowest BCUT2D eigenvalue weighted by molar-refractivity contribution is 0.0998. The number of para-hydroxylation sites is 1. The van der Waals surface area contributed by atoms with Crippen LogP contribution in [0.1, 0.15) is 24.4 Å². The number of carbonyl (C=O) groups excluding carboxylic acids is 2. The number of benzene rings is 2. The number of nitrogens with one attached hydrogen (secondary N) is 3. The number of amides is 3. The number of anilines is 2. The molecule has 3 rings (SSSR count). The Hall–Kier alpha value is -3.28. The van der Waals surface area contributed by atoms with Crippen LogP contribution in [0.25, 0.3) is 11.0 Å². The van der Waals surface area contributed by atoms with Crippen LogP contribution in [0.4, 0.5) is 16.2 Å². The van der Waals surface area contributed by atoms with E-state index in [1.165, 1.54) is 0 Å². The van der Waals surface area contributed by atoms with E-state index in [9.17, 15) is 9.59 Å². The smallest absolute Gasteiger partial charge is 0.319 e. The molecular weight excluding hydrogens is 318 g/mol. The number of hydrogen-bond donors (Lipinski definition) is 3. The Morgan fingerprint density at radius 1 is 0.920 bits per heavy atom. The van der Waals surface area contributed by atoms with E-state index < -0.39 is 0 Å². The van der Waals surface area contributed by atoms with Crippen molar-refractivity contribution in [1.82, 2.24) is 5.32 Å². The minimum atomic E-state index is -0.325. The molecule has 1 aromatic heterocycles. The van der Waals surface area contributed by atoms with Gasteiger partial charge in [-0.3, -0.25) is 4.79 Å². The zero-order valence-corrected chi connectivity index (χ0v) is 14.0. The van der Waals surface area contributed by atoms with Crippen LogP contribution in [0.2, 0.25) is 0 Å². The van der Waals surface area contributed by atoms with Gasteiger partial charge in [-0.2, -0.15) is 0 Å². The third kappa shape index (κ3) is 4.17. The van der Waals surface area contributed by atoms with Crippen molar-refractivity contribution in [2.45, 2.75) is 19.9 Å². The Morgan fingerprint density at radius 3 is 2.20 bits per heavy atom. The first-order valence-corrected chi connectivity index (χ1v) is 7.99. The highest BCUT2D eigenvalue weighted by molar-refractivity contribution is 6.04. The van der Waals surface area contributed by atoms with Crippen molar-refractivity contribution in [1.29, 1.82) is 0 Å². The molecule has 0 aliphatic rings. The van der Waals surface area contributed by atoms with Gasteiger partial charge in [-0.1, -0.05) is 18.2 Å². The molecule has 0 fully saturated rings. The van der Waals surface area contributed by atoms with Gasteiger partial charge in [-0.25, -0.2) is 4.79 Å². The lowest BCUT2D eigenvalue weighted by atomic mass is 10.2. The fourth-order valence-electron chi connectivity index (χ4n) is 2.35. The monoisotopic (exact) mass is 337 g/mol. The summed E-state index contributed by atoms with van der Waals surface area (Å²) >= 11 is 0. The molecule has 0 saturated carbocycles. The molecule has 3 amide bonds. The Balaban J connectivity index is 1.64. The van der Waals surface area contributed by atoms with E-state index in [1.807, 2.05) is 38.1 Å². The van der Waals surface area contributed by atoms with Gasteiger partial charge in [-0.05, 0) is 50.2 Å². The molecule has 1 heterocycles. The molecule has 128 valence electrons. The Labute approximate surface area is 145 Å². The number of fused-ring (bicyclic) bond motifs is 1. The molecule has 25 heavy (non-hydrogen) atoms. The zero-order valence-electron chi connectivity index (χ0n) is 14.0. The first-order chi connectivity index (χ1) is 12.0. The summed E-state index contributed by atoms with van der Waals surface area (Å²) in [5, 5.41) is 9.11. The molecule has 0 radical (unpaired) electrons. The van der Waals surface area contributed by atoms with Crippen molar-refractivity contribution in [3.8, 4) is 0 Å². The summed E-state index contributed by atoms with van der Waals surface area (Å²) in [5.41, 5.74) is 1.92. The summed E-state index contributed by atoms with van der Waals surface area (Å²) < 4.78 is 5.54. The van der Waals surface area contributed by atoms with Gasteiger partial charge < -0.3 is 20.4 Å². The molecule has 3 aromatic rings. The van der Waals surface area contributed by atoms with Crippen molar-refractivity contribution in [3.63, 3.8) is 0 Å². The van der Waals surface area contributed by atoms with E-state index in [0.717, 1.165) is 5.39 Å². The van der Waals surface area contributed by atoms with Crippen LogP contribution in [0.15, 0.2) is 59.0 Å². The summed E-state index contributed by atoms with van der Waals surface area (Å²) in [4.78, 5) is 23.9. The number of carbonyl (C=O) groups is 2. The molecule has 0 saturated heterocycles. The first-order valence-electron chi connectivity index (χ1n) is 7.99. The normalized spacial score (nSPS) is 10.7. The molecule has 6 nitrogen and oxygen atoms in total. The maximum atomic E-state index is 12.3. The molecule has 0 aliphatic carbocycles. The SMILES string of the molecule is CC(C)NC(=O)Nc1ccc(NC(=O)c2cc3ccccc3o2)cc1. The molecule has 3 N–H and O–H groups in total. The van der Waals surface area contributed by atoms with E-state index in [-0.39, 0.29) is 23.7 Å². The van der Waals surface area contributed by atoms with Gasteiger partial charge in [0.1, 0.15) is 5.58 Å². The maximum Gasteiger partial charge on any atom is 0.319 e. The first kappa shape index (κ1) is 16.6. The van der Waals surface area contributed by atoms with Crippen molar-refractivity contribution in [2.75, 3.05) is 10.6 Å². The molecular formula is C19H19N3O3. The van der Waals surface area contributed by atoms with Crippen molar-refractivity contribution < 1.29 is 14.0 Å². The number of furan rings is 1. The molecule has 2 aromatic carbocycles. The second-order valence-electron chi connectivity index (χ2n) is 5.93. The van der Waals surface area contributed by atoms with Gasteiger partial charge in [0.25, 0.3) is 5.91 Å². The predicted octanol–water partition coefficient (Wildman–Crippen LogP) is 4.22. The molecule has 0 aliphatic heterocycles. The minimum Gasteiger partial charge on any atom is -0.451 e. The standard InChI is InChI=1S/C19H19N3O3/c1-12(2)20-19(24)22-15-9-7-14(8-10-15)21-18(23)17-11-13-5-3-4-6-16(13)25-17/h3-12H,1-2H3,(H,21,23)(H2,20,22,24). The summed E-state index contributed by atoms with van der Waals surface area (Å²) in [6.07, 6.45) is 0. The Morgan fingerprint density at radius 2 is 1.56 bits per heavy atom. The predicted molar refractivity (Wildman–Crippen MR) is 97.9 cm³/mol. The molecule has 0 spiro atoms. The molecule has 0 bridgehead atoms. The lowest BCUT2D eigenvalue weighted by Crippen LogP contribution is -2.34. The fourth-order valence-corrected chi connectivity index (χ4v) is 2.35. The van der Waals surface area contributed by atoms with Crippen LogP contribution in [-0.4, -0.2) is 18.0 Å². The van der Waals surface area contributed by atoms with Gasteiger partial charge in [0.05, 0.1) is 0 Å². The van der Waals surface area contributed by atoms with E-state index in [4.69, 9.17) is 4.42 Å². The van der Waals surface area contributed by atoms with Gasteiger partial charge in [0.15, 0.2) is 5.76 Å². The topological polar surface area (TPSA) is 83.4 Å². The maximum absolute atomic E-state index is 12.3. The number of rotatable bonds is 4. The van der Waals surface area contributed by atoms with Gasteiger partial charge in [0, 0.05) is 22.8 Å². The van der Waals surface area contributed by atoms with Gasteiger partial charge in [-0.15, -0.1) is 0 Å². The van der Waals surface area contributed by atoms with Crippen LogP contribution >= 0.6 is 0 Å². The Kier molecular flexibility index (Phi) is 4.70. The highest BCUT2D eigenvalue weighted by Crippen LogP contribution is 2.20. The highest BCUT2D eigenvalue weighted by atomic mass is 16.3. The largest absolute Gasteiger partial charge is 0.451 e. The van der Waals surface area contributed by atoms with Gasteiger partial charge in [0.2, 0.25) is 0 Å².